The summed E-state index contributed by atoms with van der Waals surface area (Å²) in [6.45, 7) is 8.53. The molecule has 1 saturated carbocycles. The SMILES string of the molecule is CCCc1ccc(C(O)CN(CC2CC2)C(C)C)cc1. The molecule has 20 heavy (non-hydrogen) atoms. The van der Waals surface area contributed by atoms with Crippen molar-refractivity contribution in [2.24, 2.45) is 5.92 Å². The first-order valence-electron chi connectivity index (χ1n) is 8.11. The van der Waals surface area contributed by atoms with E-state index in [1.807, 2.05) is 0 Å². The molecule has 1 fully saturated rings. The largest absolute Gasteiger partial charge is 0.387 e. The molecule has 1 unspecified atom stereocenters. The zero-order chi connectivity index (χ0) is 14.5. The quantitative estimate of drug-likeness (QED) is 0.780. The Bertz CT molecular complexity index is 394. The Morgan fingerprint density at radius 3 is 2.35 bits per heavy atom. The Balaban J connectivity index is 1.92. The van der Waals surface area contributed by atoms with Crippen molar-refractivity contribution < 1.29 is 5.11 Å². The van der Waals surface area contributed by atoms with Crippen LogP contribution in [0.1, 0.15) is 57.3 Å². The fraction of sp³-hybridized carbons (Fsp3) is 0.667. The van der Waals surface area contributed by atoms with Crippen molar-refractivity contribution in [1.82, 2.24) is 4.90 Å². The number of benzene rings is 1. The molecule has 0 saturated heterocycles. The molecule has 0 spiro atoms. The highest BCUT2D eigenvalue weighted by Crippen LogP contribution is 2.31. The molecular weight excluding hydrogens is 246 g/mol. The minimum absolute atomic E-state index is 0.369. The topological polar surface area (TPSA) is 23.5 Å². The maximum absolute atomic E-state index is 10.5. The first kappa shape index (κ1) is 15.5. The monoisotopic (exact) mass is 275 g/mol. The average molecular weight is 275 g/mol. The van der Waals surface area contributed by atoms with Gasteiger partial charge in [0.15, 0.2) is 0 Å². The van der Waals surface area contributed by atoms with Gasteiger partial charge in [0, 0.05) is 19.1 Å². The lowest BCUT2D eigenvalue weighted by atomic mass is 10.0. The van der Waals surface area contributed by atoms with Gasteiger partial charge in [-0.1, -0.05) is 37.6 Å². The molecule has 1 aliphatic carbocycles. The molecule has 1 N–H and O–H groups in total. The van der Waals surface area contributed by atoms with E-state index in [4.69, 9.17) is 0 Å². The van der Waals surface area contributed by atoms with Crippen molar-refractivity contribution in [2.45, 2.75) is 58.6 Å². The van der Waals surface area contributed by atoms with Crippen LogP contribution >= 0.6 is 0 Å². The summed E-state index contributed by atoms with van der Waals surface area (Å²) < 4.78 is 0. The highest BCUT2D eigenvalue weighted by atomic mass is 16.3. The zero-order valence-electron chi connectivity index (χ0n) is 13.2. The molecule has 0 aromatic heterocycles. The molecule has 2 rings (SSSR count). The lowest BCUT2D eigenvalue weighted by Gasteiger charge is -2.29. The predicted molar refractivity (Wildman–Crippen MR) is 84.8 cm³/mol. The van der Waals surface area contributed by atoms with E-state index in [1.165, 1.54) is 24.8 Å². The zero-order valence-corrected chi connectivity index (χ0v) is 13.2. The fourth-order valence-corrected chi connectivity index (χ4v) is 2.65. The van der Waals surface area contributed by atoms with Gasteiger partial charge < -0.3 is 5.11 Å². The van der Waals surface area contributed by atoms with Crippen LogP contribution < -0.4 is 0 Å². The average Bonchev–Trinajstić information content (AvgIpc) is 3.23. The summed E-state index contributed by atoms with van der Waals surface area (Å²) in [6.07, 6.45) is 4.66. The molecule has 1 aromatic rings. The summed E-state index contributed by atoms with van der Waals surface area (Å²) in [4.78, 5) is 2.42. The smallest absolute Gasteiger partial charge is 0.0917 e. The summed E-state index contributed by atoms with van der Waals surface area (Å²) in [5.41, 5.74) is 2.41. The standard InChI is InChI=1S/C18H29NO/c1-4-5-15-8-10-17(11-9-15)18(20)13-19(14(2)3)12-16-6-7-16/h8-11,14,16,18,20H,4-7,12-13H2,1-3H3. The van der Waals surface area contributed by atoms with Crippen molar-refractivity contribution in [2.75, 3.05) is 13.1 Å². The highest BCUT2D eigenvalue weighted by molar-refractivity contribution is 5.24. The molecule has 0 bridgehead atoms. The second kappa shape index (κ2) is 7.24. The second-order valence-corrected chi connectivity index (χ2v) is 6.50. The van der Waals surface area contributed by atoms with Crippen LogP contribution in [-0.4, -0.2) is 29.1 Å². The first-order valence-corrected chi connectivity index (χ1v) is 8.11. The van der Waals surface area contributed by atoms with Gasteiger partial charge in [-0.25, -0.2) is 0 Å². The molecule has 1 atom stereocenters. The molecule has 2 heteroatoms. The Labute approximate surface area is 123 Å². The van der Waals surface area contributed by atoms with Gasteiger partial charge in [-0.2, -0.15) is 0 Å². The first-order chi connectivity index (χ1) is 9.60. The maximum atomic E-state index is 10.5. The molecule has 0 heterocycles. The van der Waals surface area contributed by atoms with E-state index in [1.54, 1.807) is 0 Å². The molecule has 0 amide bonds. The van der Waals surface area contributed by atoms with Gasteiger partial charge in [-0.3, -0.25) is 4.90 Å². The van der Waals surface area contributed by atoms with Crippen molar-refractivity contribution in [3.63, 3.8) is 0 Å². The number of hydrogen-bond acceptors (Lipinski definition) is 2. The molecule has 0 radical (unpaired) electrons. The minimum Gasteiger partial charge on any atom is -0.387 e. The molecule has 2 nitrogen and oxygen atoms in total. The van der Waals surface area contributed by atoms with Crippen LogP contribution in [0.3, 0.4) is 0 Å². The van der Waals surface area contributed by atoms with Gasteiger partial charge in [-0.15, -0.1) is 0 Å². The Morgan fingerprint density at radius 2 is 1.85 bits per heavy atom. The van der Waals surface area contributed by atoms with Crippen LogP contribution in [0.5, 0.6) is 0 Å². The molecular formula is C18H29NO. The van der Waals surface area contributed by atoms with Gasteiger partial charge in [0.05, 0.1) is 6.10 Å². The van der Waals surface area contributed by atoms with Crippen molar-refractivity contribution in [1.29, 1.82) is 0 Å². The van der Waals surface area contributed by atoms with Crippen LogP contribution in [-0.2, 0) is 6.42 Å². The molecule has 1 aliphatic rings. The normalized spacial score (nSPS) is 16.9. The number of nitrogens with zero attached hydrogens (tertiary/aromatic N) is 1. The Kier molecular flexibility index (Phi) is 5.62. The van der Waals surface area contributed by atoms with Crippen LogP contribution in [0.4, 0.5) is 0 Å². The van der Waals surface area contributed by atoms with Crippen molar-refractivity contribution >= 4 is 0 Å². The molecule has 0 aliphatic heterocycles. The van der Waals surface area contributed by atoms with Crippen molar-refractivity contribution in [3.8, 4) is 0 Å². The number of hydrogen-bond donors (Lipinski definition) is 1. The summed E-state index contributed by atoms with van der Waals surface area (Å²) in [7, 11) is 0. The van der Waals surface area contributed by atoms with E-state index >= 15 is 0 Å². The summed E-state index contributed by atoms with van der Waals surface area (Å²) in [5.74, 6) is 0.872. The van der Waals surface area contributed by atoms with E-state index in [9.17, 15) is 5.11 Å². The van der Waals surface area contributed by atoms with Gasteiger partial charge in [0.2, 0.25) is 0 Å². The highest BCUT2D eigenvalue weighted by Gasteiger charge is 2.26. The van der Waals surface area contributed by atoms with Gasteiger partial charge >= 0.3 is 0 Å². The van der Waals surface area contributed by atoms with E-state index < -0.39 is 0 Å². The van der Waals surface area contributed by atoms with Crippen molar-refractivity contribution in [3.05, 3.63) is 35.4 Å². The van der Waals surface area contributed by atoms with Crippen LogP contribution in [0.15, 0.2) is 24.3 Å². The number of rotatable bonds is 8. The van der Waals surface area contributed by atoms with Gasteiger partial charge in [0.25, 0.3) is 0 Å². The summed E-state index contributed by atoms with van der Waals surface area (Å²) in [5, 5.41) is 10.5. The maximum Gasteiger partial charge on any atom is 0.0917 e. The third kappa shape index (κ3) is 4.60. The second-order valence-electron chi connectivity index (χ2n) is 6.50. The Morgan fingerprint density at radius 1 is 1.20 bits per heavy atom. The number of aliphatic hydroxyl groups excluding tert-OH is 1. The lowest BCUT2D eigenvalue weighted by Crippen LogP contribution is -2.36. The van der Waals surface area contributed by atoms with E-state index in [-0.39, 0.29) is 6.10 Å². The lowest BCUT2D eigenvalue weighted by molar-refractivity contribution is 0.0923. The van der Waals surface area contributed by atoms with Crippen LogP contribution in [0.2, 0.25) is 0 Å². The van der Waals surface area contributed by atoms with Crippen LogP contribution in [0.25, 0.3) is 0 Å². The number of aliphatic hydroxyl groups is 1. The van der Waals surface area contributed by atoms with Crippen LogP contribution in [0, 0.1) is 5.92 Å². The minimum atomic E-state index is -0.369. The van der Waals surface area contributed by atoms with E-state index in [2.05, 4.69) is 49.9 Å². The molecule has 112 valence electrons. The Hall–Kier alpha value is -0.860. The fourth-order valence-electron chi connectivity index (χ4n) is 2.65. The van der Waals surface area contributed by atoms with Gasteiger partial charge in [-0.05, 0) is 50.2 Å². The number of aryl methyl sites for hydroxylation is 1. The van der Waals surface area contributed by atoms with Gasteiger partial charge in [0.1, 0.15) is 0 Å². The summed E-state index contributed by atoms with van der Waals surface area (Å²) >= 11 is 0. The molecule has 1 aromatic carbocycles. The van der Waals surface area contributed by atoms with E-state index in [0.717, 1.165) is 31.0 Å². The third-order valence-electron chi connectivity index (χ3n) is 4.23. The summed E-state index contributed by atoms with van der Waals surface area (Å²) in [6, 6.07) is 8.99. The predicted octanol–water partition coefficient (Wildman–Crippen LogP) is 3.79. The third-order valence-corrected chi connectivity index (χ3v) is 4.23. The van der Waals surface area contributed by atoms with E-state index in [0.29, 0.717) is 6.04 Å².